The molecule has 0 aliphatic carbocycles. The highest BCUT2D eigenvalue weighted by atomic mass is 15.2. The second-order valence-corrected chi connectivity index (χ2v) is 6.83. The number of benzene rings is 1. The predicted octanol–water partition coefficient (Wildman–Crippen LogP) is 3.47. The van der Waals surface area contributed by atoms with Gasteiger partial charge in [0.2, 0.25) is 0 Å². The highest BCUT2D eigenvalue weighted by Crippen LogP contribution is 2.31. The molecule has 0 aliphatic rings. The number of hydrogen-bond acceptors (Lipinski definition) is 2. The van der Waals surface area contributed by atoms with Gasteiger partial charge in [-0.1, -0.05) is 32.9 Å². The van der Waals surface area contributed by atoms with E-state index in [1.807, 2.05) is 0 Å². The van der Waals surface area contributed by atoms with Crippen molar-refractivity contribution in [1.29, 1.82) is 0 Å². The molecule has 0 radical (unpaired) electrons. The van der Waals surface area contributed by atoms with Crippen molar-refractivity contribution >= 4 is 5.69 Å². The third kappa shape index (κ3) is 3.05. The zero-order valence-electron chi connectivity index (χ0n) is 13.0. The molecule has 0 aromatic heterocycles. The van der Waals surface area contributed by atoms with E-state index in [0.29, 0.717) is 6.54 Å². The second kappa shape index (κ2) is 4.93. The van der Waals surface area contributed by atoms with Crippen LogP contribution in [0.1, 0.15) is 45.7 Å². The summed E-state index contributed by atoms with van der Waals surface area (Å²) in [6.07, 6.45) is 0. The van der Waals surface area contributed by atoms with Gasteiger partial charge < -0.3 is 10.6 Å². The number of hydrogen-bond donors (Lipinski definition) is 1. The molecule has 0 saturated heterocycles. The summed E-state index contributed by atoms with van der Waals surface area (Å²) in [6.45, 7) is 13.9. The lowest BCUT2D eigenvalue weighted by Crippen LogP contribution is -2.47. The molecule has 1 aromatic rings. The van der Waals surface area contributed by atoms with Gasteiger partial charge in [0.1, 0.15) is 0 Å². The van der Waals surface area contributed by atoms with Crippen molar-refractivity contribution in [2.24, 2.45) is 5.73 Å². The molecule has 0 bridgehead atoms. The molecule has 2 nitrogen and oxygen atoms in total. The van der Waals surface area contributed by atoms with Crippen LogP contribution in [-0.2, 0) is 5.41 Å². The van der Waals surface area contributed by atoms with Crippen molar-refractivity contribution in [3.05, 3.63) is 29.3 Å². The molecule has 18 heavy (non-hydrogen) atoms. The Morgan fingerprint density at radius 3 is 2.11 bits per heavy atom. The molecule has 0 fully saturated rings. The standard InChI is InChI=1S/C16H28N2/c1-12-8-9-13(15(2,3)4)10-14(12)18(7)16(5,6)11-17/h8-10H,11,17H2,1-7H3. The van der Waals surface area contributed by atoms with Crippen LogP contribution < -0.4 is 10.6 Å². The van der Waals surface area contributed by atoms with Gasteiger partial charge in [0, 0.05) is 24.8 Å². The van der Waals surface area contributed by atoms with E-state index >= 15 is 0 Å². The Bertz CT molecular complexity index is 414. The van der Waals surface area contributed by atoms with Gasteiger partial charge in [-0.3, -0.25) is 0 Å². The molecule has 0 unspecified atom stereocenters. The first-order chi connectivity index (χ1) is 8.09. The Hall–Kier alpha value is -1.02. The van der Waals surface area contributed by atoms with Crippen LogP contribution in [0, 0.1) is 6.92 Å². The smallest absolute Gasteiger partial charge is 0.0464 e. The van der Waals surface area contributed by atoms with E-state index < -0.39 is 0 Å². The van der Waals surface area contributed by atoms with Crippen LogP contribution in [0.4, 0.5) is 5.69 Å². The number of anilines is 1. The molecule has 2 N–H and O–H groups in total. The van der Waals surface area contributed by atoms with E-state index in [9.17, 15) is 0 Å². The molecule has 0 saturated carbocycles. The van der Waals surface area contributed by atoms with Gasteiger partial charge in [-0.25, -0.2) is 0 Å². The molecule has 0 heterocycles. The van der Waals surface area contributed by atoms with Crippen molar-refractivity contribution < 1.29 is 0 Å². The molecule has 2 heteroatoms. The number of rotatable bonds is 3. The zero-order valence-corrected chi connectivity index (χ0v) is 13.0. The Kier molecular flexibility index (Phi) is 4.12. The maximum atomic E-state index is 5.88. The molecule has 0 atom stereocenters. The number of nitrogens with two attached hydrogens (primary N) is 1. The molecule has 0 aliphatic heterocycles. The fourth-order valence-corrected chi connectivity index (χ4v) is 1.90. The fraction of sp³-hybridized carbons (Fsp3) is 0.625. The number of likely N-dealkylation sites (N-methyl/N-ethyl adjacent to an activating group) is 1. The quantitative estimate of drug-likeness (QED) is 0.887. The van der Waals surface area contributed by atoms with E-state index in [-0.39, 0.29) is 11.0 Å². The van der Waals surface area contributed by atoms with Crippen molar-refractivity contribution in [2.75, 3.05) is 18.5 Å². The minimum absolute atomic E-state index is 0.0265. The van der Waals surface area contributed by atoms with Gasteiger partial charge in [-0.05, 0) is 43.4 Å². The maximum Gasteiger partial charge on any atom is 0.0464 e. The first-order valence-corrected chi connectivity index (χ1v) is 6.64. The van der Waals surface area contributed by atoms with Gasteiger partial charge in [0.25, 0.3) is 0 Å². The highest BCUT2D eigenvalue weighted by Gasteiger charge is 2.24. The first-order valence-electron chi connectivity index (χ1n) is 6.64. The van der Waals surface area contributed by atoms with Crippen molar-refractivity contribution in [3.8, 4) is 0 Å². The van der Waals surface area contributed by atoms with Crippen molar-refractivity contribution in [3.63, 3.8) is 0 Å². The van der Waals surface area contributed by atoms with Crippen LogP contribution in [0.15, 0.2) is 18.2 Å². The van der Waals surface area contributed by atoms with E-state index in [0.717, 1.165) is 0 Å². The molecule has 102 valence electrons. The first kappa shape index (κ1) is 15.0. The summed E-state index contributed by atoms with van der Waals surface area (Å²) in [7, 11) is 2.13. The van der Waals surface area contributed by atoms with Crippen LogP contribution in [-0.4, -0.2) is 19.1 Å². The van der Waals surface area contributed by atoms with Gasteiger partial charge in [-0.15, -0.1) is 0 Å². The second-order valence-electron chi connectivity index (χ2n) is 6.83. The monoisotopic (exact) mass is 248 g/mol. The topological polar surface area (TPSA) is 29.3 Å². The lowest BCUT2D eigenvalue weighted by atomic mass is 9.86. The summed E-state index contributed by atoms with van der Waals surface area (Å²) in [4.78, 5) is 2.29. The third-order valence-corrected chi connectivity index (χ3v) is 3.84. The van der Waals surface area contributed by atoms with Gasteiger partial charge in [0.05, 0.1) is 0 Å². The SMILES string of the molecule is Cc1ccc(C(C)(C)C)cc1N(C)C(C)(C)CN. The largest absolute Gasteiger partial charge is 0.368 e. The lowest BCUT2D eigenvalue weighted by molar-refractivity contribution is 0.497. The van der Waals surface area contributed by atoms with E-state index in [4.69, 9.17) is 5.73 Å². The summed E-state index contributed by atoms with van der Waals surface area (Å²) in [6, 6.07) is 6.73. The third-order valence-electron chi connectivity index (χ3n) is 3.84. The molecule has 0 amide bonds. The average molecular weight is 248 g/mol. The van der Waals surface area contributed by atoms with Gasteiger partial charge in [0.15, 0.2) is 0 Å². The number of nitrogens with zero attached hydrogens (tertiary/aromatic N) is 1. The minimum Gasteiger partial charge on any atom is -0.368 e. The summed E-state index contributed by atoms with van der Waals surface area (Å²) in [5.41, 5.74) is 9.96. The fourth-order valence-electron chi connectivity index (χ4n) is 1.90. The summed E-state index contributed by atoms with van der Waals surface area (Å²) in [5, 5.41) is 0. The zero-order chi connectivity index (χ0) is 14.1. The number of aryl methyl sites for hydroxylation is 1. The van der Waals surface area contributed by atoms with E-state index in [1.165, 1.54) is 16.8 Å². The Morgan fingerprint density at radius 2 is 1.67 bits per heavy atom. The average Bonchev–Trinajstić information content (AvgIpc) is 2.27. The molecular weight excluding hydrogens is 220 g/mol. The predicted molar refractivity (Wildman–Crippen MR) is 81.4 cm³/mol. The summed E-state index contributed by atoms with van der Waals surface area (Å²) < 4.78 is 0. The lowest BCUT2D eigenvalue weighted by Gasteiger charge is -2.38. The molecule has 0 spiro atoms. The van der Waals surface area contributed by atoms with Gasteiger partial charge in [-0.2, -0.15) is 0 Å². The Balaban J connectivity index is 3.24. The minimum atomic E-state index is -0.0265. The normalized spacial score (nSPS) is 12.7. The summed E-state index contributed by atoms with van der Waals surface area (Å²) in [5.74, 6) is 0. The summed E-state index contributed by atoms with van der Waals surface area (Å²) >= 11 is 0. The van der Waals surface area contributed by atoms with E-state index in [1.54, 1.807) is 0 Å². The Morgan fingerprint density at radius 1 is 1.11 bits per heavy atom. The van der Waals surface area contributed by atoms with Crippen LogP contribution >= 0.6 is 0 Å². The van der Waals surface area contributed by atoms with Crippen LogP contribution in [0.5, 0.6) is 0 Å². The molecule has 1 aromatic carbocycles. The van der Waals surface area contributed by atoms with Crippen molar-refractivity contribution in [2.45, 2.75) is 52.5 Å². The van der Waals surface area contributed by atoms with E-state index in [2.05, 4.69) is 71.7 Å². The van der Waals surface area contributed by atoms with Crippen LogP contribution in [0.2, 0.25) is 0 Å². The highest BCUT2D eigenvalue weighted by molar-refractivity contribution is 5.57. The van der Waals surface area contributed by atoms with Crippen molar-refractivity contribution in [1.82, 2.24) is 0 Å². The Labute approximate surface area is 112 Å². The van der Waals surface area contributed by atoms with Crippen LogP contribution in [0.3, 0.4) is 0 Å². The van der Waals surface area contributed by atoms with Crippen LogP contribution in [0.25, 0.3) is 0 Å². The molecular formula is C16H28N2. The molecule has 1 rings (SSSR count). The van der Waals surface area contributed by atoms with Gasteiger partial charge >= 0.3 is 0 Å². The maximum absolute atomic E-state index is 5.88.